The quantitative estimate of drug-likeness (QED) is 0.240. The Morgan fingerprint density at radius 3 is 2.59 bits per heavy atom. The van der Waals surface area contributed by atoms with Crippen molar-refractivity contribution >= 4 is 24.2 Å². The van der Waals surface area contributed by atoms with Gasteiger partial charge in [-0.25, -0.2) is 9.59 Å². The molecule has 0 aromatic heterocycles. The van der Waals surface area contributed by atoms with Crippen molar-refractivity contribution in [3.05, 3.63) is 47.6 Å². The molecule has 29 heavy (non-hydrogen) atoms. The van der Waals surface area contributed by atoms with Crippen molar-refractivity contribution in [3.8, 4) is 0 Å². The standard InChI is InChI=1S/C21H24O8/c1-11(2)20(25)29-19-17-12(3)21(26)28-16(17)8-14(9-22)6-5-7-15(10-23)18(19)27-13(4)24/h7-8,10,16-19,22H,1,3,5-6,9H2,2,4H3/b14-8-,15-7-/t16-,17+,18-,19+/m1/s1. The summed E-state index contributed by atoms with van der Waals surface area (Å²) in [7, 11) is 0. The molecule has 8 nitrogen and oxygen atoms in total. The van der Waals surface area contributed by atoms with Crippen LogP contribution in [-0.4, -0.2) is 54.2 Å². The van der Waals surface area contributed by atoms with Gasteiger partial charge in [-0.3, -0.25) is 9.59 Å². The van der Waals surface area contributed by atoms with E-state index in [0.29, 0.717) is 24.7 Å². The molecule has 0 spiro atoms. The highest BCUT2D eigenvalue weighted by Gasteiger charge is 2.49. The van der Waals surface area contributed by atoms with E-state index < -0.39 is 42.1 Å². The summed E-state index contributed by atoms with van der Waals surface area (Å²) < 4.78 is 16.2. The summed E-state index contributed by atoms with van der Waals surface area (Å²) in [6.07, 6.45) is 0.932. The second kappa shape index (κ2) is 9.47. The molecule has 2 rings (SSSR count). The molecule has 1 N–H and O–H groups in total. The molecule has 156 valence electrons. The van der Waals surface area contributed by atoms with Crippen LogP contribution in [0.5, 0.6) is 0 Å². The fourth-order valence-electron chi connectivity index (χ4n) is 3.28. The number of fused-ring (bicyclic) bond motifs is 1. The summed E-state index contributed by atoms with van der Waals surface area (Å²) >= 11 is 0. The van der Waals surface area contributed by atoms with E-state index in [1.54, 1.807) is 12.2 Å². The summed E-state index contributed by atoms with van der Waals surface area (Å²) in [5.41, 5.74) is 0.745. The lowest BCUT2D eigenvalue weighted by Crippen LogP contribution is -2.45. The third-order valence-corrected chi connectivity index (χ3v) is 4.71. The van der Waals surface area contributed by atoms with Crippen molar-refractivity contribution in [3.63, 3.8) is 0 Å². The number of carbonyl (C=O) groups excluding carboxylic acids is 4. The van der Waals surface area contributed by atoms with Crippen LogP contribution in [0.2, 0.25) is 0 Å². The van der Waals surface area contributed by atoms with Gasteiger partial charge in [0.05, 0.1) is 12.5 Å². The van der Waals surface area contributed by atoms with Crippen LogP contribution in [0, 0.1) is 5.92 Å². The van der Waals surface area contributed by atoms with Gasteiger partial charge in [0.1, 0.15) is 12.4 Å². The average molecular weight is 404 g/mol. The molecule has 2 aliphatic rings. The maximum Gasteiger partial charge on any atom is 0.334 e. The molecular weight excluding hydrogens is 380 g/mol. The van der Waals surface area contributed by atoms with Crippen LogP contribution >= 0.6 is 0 Å². The summed E-state index contributed by atoms with van der Waals surface area (Å²) in [6, 6.07) is 0. The Bertz CT molecular complexity index is 803. The summed E-state index contributed by atoms with van der Waals surface area (Å²) in [5, 5.41) is 9.61. The molecule has 1 saturated heterocycles. The molecule has 1 fully saturated rings. The highest BCUT2D eigenvalue weighted by atomic mass is 16.6. The second-order valence-corrected chi connectivity index (χ2v) is 6.94. The van der Waals surface area contributed by atoms with Crippen LogP contribution in [0.4, 0.5) is 0 Å². The first kappa shape index (κ1) is 22.3. The predicted molar refractivity (Wildman–Crippen MR) is 101 cm³/mol. The lowest BCUT2D eigenvalue weighted by molar-refractivity contribution is -0.166. The van der Waals surface area contributed by atoms with Crippen molar-refractivity contribution in [2.45, 2.75) is 45.0 Å². The Labute approximate surface area is 168 Å². The Balaban J connectivity index is 2.65. The van der Waals surface area contributed by atoms with Crippen LogP contribution < -0.4 is 0 Å². The molecule has 0 aromatic carbocycles. The number of aliphatic hydroxyl groups excluding tert-OH is 1. The van der Waals surface area contributed by atoms with Crippen LogP contribution in [0.15, 0.2) is 47.6 Å². The minimum Gasteiger partial charge on any atom is -0.454 e. The SMILES string of the molecule is C=C(C)C(=O)O[C@H]1[C@H]2C(=C)C(=O)O[C@@H]2/C=C(\CO)CC/C=C(/C=O)[C@H]1OC(C)=O. The third-order valence-electron chi connectivity index (χ3n) is 4.71. The fourth-order valence-corrected chi connectivity index (χ4v) is 3.28. The van der Waals surface area contributed by atoms with Gasteiger partial charge in [0.25, 0.3) is 0 Å². The number of aldehydes is 1. The number of aliphatic hydroxyl groups is 1. The average Bonchev–Trinajstić information content (AvgIpc) is 2.93. The van der Waals surface area contributed by atoms with E-state index in [1.165, 1.54) is 6.92 Å². The Hall–Kier alpha value is -3.00. The van der Waals surface area contributed by atoms with Gasteiger partial charge < -0.3 is 19.3 Å². The monoisotopic (exact) mass is 404 g/mol. The molecular formula is C21H24O8. The minimum absolute atomic E-state index is 0.00558. The third kappa shape index (κ3) is 5.08. The molecule has 0 unspecified atom stereocenters. The van der Waals surface area contributed by atoms with Gasteiger partial charge in [-0.05, 0) is 31.4 Å². The minimum atomic E-state index is -1.27. The van der Waals surface area contributed by atoms with Gasteiger partial charge in [-0.2, -0.15) is 0 Å². The number of allylic oxidation sites excluding steroid dienone is 1. The van der Waals surface area contributed by atoms with Crippen molar-refractivity contribution in [1.29, 1.82) is 0 Å². The van der Waals surface area contributed by atoms with Gasteiger partial charge in [-0.1, -0.05) is 19.2 Å². The molecule has 8 heteroatoms. The van der Waals surface area contributed by atoms with E-state index in [0.717, 1.165) is 6.92 Å². The molecule has 1 aliphatic heterocycles. The van der Waals surface area contributed by atoms with Crippen molar-refractivity contribution in [2.24, 2.45) is 5.92 Å². The molecule has 0 bridgehead atoms. The Morgan fingerprint density at radius 2 is 2.03 bits per heavy atom. The maximum absolute atomic E-state index is 12.3. The zero-order valence-electron chi connectivity index (χ0n) is 16.4. The van der Waals surface area contributed by atoms with Gasteiger partial charge in [0, 0.05) is 23.6 Å². The number of rotatable bonds is 5. The van der Waals surface area contributed by atoms with E-state index in [2.05, 4.69) is 13.2 Å². The molecule has 1 heterocycles. The molecule has 0 aromatic rings. The van der Waals surface area contributed by atoms with Crippen molar-refractivity contribution in [2.75, 3.05) is 6.61 Å². The first-order valence-corrected chi connectivity index (χ1v) is 9.08. The lowest BCUT2D eigenvalue weighted by atomic mass is 9.83. The van der Waals surface area contributed by atoms with Crippen LogP contribution in [0.3, 0.4) is 0 Å². The number of esters is 3. The molecule has 1 aliphatic carbocycles. The van der Waals surface area contributed by atoms with E-state index in [4.69, 9.17) is 14.2 Å². The summed E-state index contributed by atoms with van der Waals surface area (Å²) in [6.45, 7) is 9.59. The summed E-state index contributed by atoms with van der Waals surface area (Å²) in [4.78, 5) is 48.0. The van der Waals surface area contributed by atoms with E-state index in [1.807, 2.05) is 0 Å². The van der Waals surface area contributed by atoms with Gasteiger partial charge >= 0.3 is 17.9 Å². The fraction of sp³-hybridized carbons (Fsp3) is 0.429. The molecule has 0 amide bonds. The molecule has 0 radical (unpaired) electrons. The smallest absolute Gasteiger partial charge is 0.334 e. The predicted octanol–water partition coefficient (Wildman–Crippen LogP) is 1.34. The Morgan fingerprint density at radius 1 is 1.34 bits per heavy atom. The highest BCUT2D eigenvalue weighted by Crippen LogP contribution is 2.37. The zero-order chi connectivity index (χ0) is 21.7. The van der Waals surface area contributed by atoms with Crippen LogP contribution in [-0.2, 0) is 33.4 Å². The van der Waals surface area contributed by atoms with Crippen molar-refractivity contribution < 1.29 is 38.5 Å². The first-order chi connectivity index (χ1) is 13.7. The number of hydrogen-bond acceptors (Lipinski definition) is 8. The Kier molecular flexibility index (Phi) is 7.28. The number of carbonyl (C=O) groups is 4. The topological polar surface area (TPSA) is 116 Å². The summed E-state index contributed by atoms with van der Waals surface area (Å²) in [5.74, 6) is -3.12. The number of ether oxygens (including phenoxy) is 3. The van der Waals surface area contributed by atoms with Crippen molar-refractivity contribution in [1.82, 2.24) is 0 Å². The van der Waals surface area contributed by atoms with Gasteiger partial charge in [0.2, 0.25) is 0 Å². The zero-order valence-corrected chi connectivity index (χ0v) is 16.4. The maximum atomic E-state index is 12.3. The van der Waals surface area contributed by atoms with E-state index >= 15 is 0 Å². The first-order valence-electron chi connectivity index (χ1n) is 9.08. The normalized spacial score (nSPS) is 30.6. The second-order valence-electron chi connectivity index (χ2n) is 6.94. The van der Waals surface area contributed by atoms with Crippen LogP contribution in [0.25, 0.3) is 0 Å². The number of hydrogen-bond donors (Lipinski definition) is 1. The van der Waals surface area contributed by atoms with Gasteiger partial charge in [-0.15, -0.1) is 0 Å². The molecule has 0 saturated carbocycles. The molecule has 4 atom stereocenters. The van der Waals surface area contributed by atoms with Gasteiger partial charge in [0.15, 0.2) is 12.2 Å². The lowest BCUT2D eigenvalue weighted by Gasteiger charge is -2.33. The van der Waals surface area contributed by atoms with E-state index in [9.17, 15) is 24.3 Å². The van der Waals surface area contributed by atoms with E-state index in [-0.39, 0.29) is 23.3 Å². The van der Waals surface area contributed by atoms with Crippen LogP contribution in [0.1, 0.15) is 26.7 Å². The largest absolute Gasteiger partial charge is 0.454 e. The highest BCUT2D eigenvalue weighted by molar-refractivity contribution is 5.92.